The van der Waals surface area contributed by atoms with Gasteiger partial charge in [0, 0.05) is 44.7 Å². The van der Waals surface area contributed by atoms with Gasteiger partial charge in [0.2, 0.25) is 11.8 Å². The highest BCUT2D eigenvalue weighted by atomic mass is 16.2. The summed E-state index contributed by atoms with van der Waals surface area (Å²) < 4.78 is 0. The van der Waals surface area contributed by atoms with E-state index in [1.807, 2.05) is 53.3 Å². The van der Waals surface area contributed by atoms with E-state index in [1.54, 1.807) is 6.08 Å². The Morgan fingerprint density at radius 1 is 1.28 bits per heavy atom. The molecule has 1 aromatic carbocycles. The standard InChI is InChI=1S/C20H27N3O2/c1-21-12-14-23-18-11-13-22(15-17(18)8-10-20(23)25)19(24)9-7-16-5-3-2-4-6-16/h2-7,9,17-18,21H,8,10-15H2,1H3/b9-7+/t17-,18+/m0/s1. The quantitative estimate of drug-likeness (QED) is 0.831. The van der Waals surface area contributed by atoms with Crippen molar-refractivity contribution in [3.05, 3.63) is 42.0 Å². The Labute approximate surface area is 149 Å². The molecule has 5 nitrogen and oxygen atoms in total. The summed E-state index contributed by atoms with van der Waals surface area (Å²) in [7, 11) is 1.91. The van der Waals surface area contributed by atoms with E-state index in [2.05, 4.69) is 5.32 Å². The summed E-state index contributed by atoms with van der Waals surface area (Å²) >= 11 is 0. The summed E-state index contributed by atoms with van der Waals surface area (Å²) in [6.07, 6.45) is 5.92. The van der Waals surface area contributed by atoms with Gasteiger partial charge >= 0.3 is 0 Å². The van der Waals surface area contributed by atoms with Crippen LogP contribution in [-0.4, -0.2) is 60.9 Å². The molecule has 0 saturated carbocycles. The molecule has 25 heavy (non-hydrogen) atoms. The number of piperidine rings is 2. The van der Waals surface area contributed by atoms with Gasteiger partial charge in [0.1, 0.15) is 0 Å². The van der Waals surface area contributed by atoms with E-state index in [1.165, 1.54) is 0 Å². The summed E-state index contributed by atoms with van der Waals surface area (Å²) in [4.78, 5) is 28.7. The number of carbonyl (C=O) groups is 2. The number of rotatable bonds is 5. The lowest BCUT2D eigenvalue weighted by molar-refractivity contribution is -0.142. The fourth-order valence-corrected chi connectivity index (χ4v) is 3.91. The normalized spacial score (nSPS) is 23.8. The molecule has 2 atom stereocenters. The molecule has 2 fully saturated rings. The minimum Gasteiger partial charge on any atom is -0.339 e. The zero-order valence-electron chi connectivity index (χ0n) is 14.9. The van der Waals surface area contributed by atoms with Crippen molar-refractivity contribution >= 4 is 17.9 Å². The zero-order chi connectivity index (χ0) is 17.6. The summed E-state index contributed by atoms with van der Waals surface area (Å²) in [5.41, 5.74) is 1.03. The van der Waals surface area contributed by atoms with Crippen LogP contribution in [0.2, 0.25) is 0 Å². The molecule has 2 aliphatic rings. The number of likely N-dealkylation sites (tertiary alicyclic amines) is 2. The molecule has 0 radical (unpaired) electrons. The summed E-state index contributed by atoms with van der Waals surface area (Å²) in [6.45, 7) is 3.06. The first-order chi connectivity index (χ1) is 12.2. The predicted octanol–water partition coefficient (Wildman–Crippen LogP) is 1.76. The fourth-order valence-electron chi connectivity index (χ4n) is 3.91. The molecule has 2 heterocycles. The van der Waals surface area contributed by atoms with Crippen molar-refractivity contribution < 1.29 is 9.59 Å². The zero-order valence-corrected chi connectivity index (χ0v) is 14.9. The summed E-state index contributed by atoms with van der Waals surface area (Å²) in [6, 6.07) is 10.2. The molecule has 1 aromatic rings. The van der Waals surface area contributed by atoms with Crippen LogP contribution in [0.25, 0.3) is 6.08 Å². The molecule has 2 amide bonds. The van der Waals surface area contributed by atoms with E-state index < -0.39 is 0 Å². The van der Waals surface area contributed by atoms with E-state index in [0.717, 1.165) is 44.6 Å². The van der Waals surface area contributed by atoms with Crippen LogP contribution >= 0.6 is 0 Å². The van der Waals surface area contributed by atoms with Crippen molar-refractivity contribution in [1.29, 1.82) is 0 Å². The van der Waals surface area contributed by atoms with Crippen LogP contribution in [0.4, 0.5) is 0 Å². The lowest BCUT2D eigenvalue weighted by Crippen LogP contribution is -2.57. The highest BCUT2D eigenvalue weighted by Crippen LogP contribution is 2.31. The maximum Gasteiger partial charge on any atom is 0.246 e. The number of hydrogen-bond acceptors (Lipinski definition) is 3. The van der Waals surface area contributed by atoms with Gasteiger partial charge in [0.15, 0.2) is 0 Å². The van der Waals surface area contributed by atoms with Gasteiger partial charge in [0.05, 0.1) is 0 Å². The van der Waals surface area contributed by atoms with E-state index in [4.69, 9.17) is 0 Å². The fraction of sp³-hybridized carbons (Fsp3) is 0.500. The van der Waals surface area contributed by atoms with Gasteiger partial charge in [-0.1, -0.05) is 30.3 Å². The van der Waals surface area contributed by atoms with Gasteiger partial charge in [0.25, 0.3) is 0 Å². The molecule has 0 bridgehead atoms. The third-order valence-electron chi connectivity index (χ3n) is 5.28. The Balaban J connectivity index is 1.60. The topological polar surface area (TPSA) is 52.7 Å². The summed E-state index contributed by atoms with van der Waals surface area (Å²) in [5.74, 6) is 0.735. The van der Waals surface area contributed by atoms with Gasteiger partial charge in [-0.15, -0.1) is 0 Å². The maximum atomic E-state index is 12.5. The smallest absolute Gasteiger partial charge is 0.246 e. The molecular weight excluding hydrogens is 314 g/mol. The van der Waals surface area contributed by atoms with E-state index in [9.17, 15) is 9.59 Å². The number of likely N-dealkylation sites (N-methyl/N-ethyl adjacent to an activating group) is 1. The van der Waals surface area contributed by atoms with Gasteiger partial charge in [-0.25, -0.2) is 0 Å². The first-order valence-electron chi connectivity index (χ1n) is 9.15. The van der Waals surface area contributed by atoms with Crippen molar-refractivity contribution in [3.63, 3.8) is 0 Å². The van der Waals surface area contributed by atoms with Crippen LogP contribution in [0, 0.1) is 5.92 Å². The number of carbonyl (C=O) groups excluding carboxylic acids is 2. The molecule has 1 N–H and O–H groups in total. The molecule has 3 rings (SSSR count). The molecule has 0 aromatic heterocycles. The number of nitrogens with one attached hydrogen (secondary N) is 1. The Kier molecular flexibility index (Phi) is 5.87. The van der Waals surface area contributed by atoms with Crippen LogP contribution in [-0.2, 0) is 9.59 Å². The second-order valence-electron chi connectivity index (χ2n) is 6.87. The molecule has 0 spiro atoms. The molecule has 0 unspecified atom stereocenters. The maximum absolute atomic E-state index is 12.5. The number of fused-ring (bicyclic) bond motifs is 1. The van der Waals surface area contributed by atoms with E-state index in [0.29, 0.717) is 12.3 Å². The number of hydrogen-bond donors (Lipinski definition) is 1. The van der Waals surface area contributed by atoms with E-state index >= 15 is 0 Å². The predicted molar refractivity (Wildman–Crippen MR) is 98.8 cm³/mol. The average Bonchev–Trinajstić information content (AvgIpc) is 2.66. The largest absolute Gasteiger partial charge is 0.339 e. The third-order valence-corrected chi connectivity index (χ3v) is 5.28. The lowest BCUT2D eigenvalue weighted by atomic mass is 9.83. The van der Waals surface area contributed by atoms with Crippen molar-refractivity contribution in [2.45, 2.75) is 25.3 Å². The molecule has 0 aliphatic carbocycles. The average molecular weight is 341 g/mol. The first kappa shape index (κ1) is 17.7. The molecular formula is C20H27N3O2. The Bertz CT molecular complexity index is 629. The van der Waals surface area contributed by atoms with Crippen LogP contribution in [0.3, 0.4) is 0 Å². The highest BCUT2D eigenvalue weighted by Gasteiger charge is 2.39. The second-order valence-corrected chi connectivity index (χ2v) is 6.87. The third kappa shape index (κ3) is 4.28. The molecule has 5 heteroatoms. The SMILES string of the molecule is CNCCN1C(=O)CC[C@H]2CN(C(=O)/C=C/c3ccccc3)CC[C@H]21. The molecule has 2 saturated heterocycles. The minimum absolute atomic E-state index is 0.0703. The van der Waals surface area contributed by atoms with Gasteiger partial charge in [-0.3, -0.25) is 9.59 Å². The molecule has 134 valence electrons. The van der Waals surface area contributed by atoms with Crippen LogP contribution in [0.15, 0.2) is 36.4 Å². The van der Waals surface area contributed by atoms with Crippen LogP contribution in [0.5, 0.6) is 0 Å². The number of benzene rings is 1. The monoisotopic (exact) mass is 341 g/mol. The lowest BCUT2D eigenvalue weighted by Gasteiger charge is -2.47. The Hall–Kier alpha value is -2.14. The van der Waals surface area contributed by atoms with E-state index in [-0.39, 0.29) is 17.9 Å². The van der Waals surface area contributed by atoms with Crippen LogP contribution in [0.1, 0.15) is 24.8 Å². The Morgan fingerprint density at radius 3 is 2.84 bits per heavy atom. The van der Waals surface area contributed by atoms with Crippen molar-refractivity contribution in [3.8, 4) is 0 Å². The van der Waals surface area contributed by atoms with Gasteiger partial charge in [-0.05, 0) is 37.4 Å². The van der Waals surface area contributed by atoms with Crippen LogP contribution < -0.4 is 5.32 Å². The van der Waals surface area contributed by atoms with Crippen molar-refractivity contribution in [1.82, 2.24) is 15.1 Å². The molecule has 2 aliphatic heterocycles. The van der Waals surface area contributed by atoms with Gasteiger partial charge in [-0.2, -0.15) is 0 Å². The first-order valence-corrected chi connectivity index (χ1v) is 9.15. The minimum atomic E-state index is 0.0703. The highest BCUT2D eigenvalue weighted by molar-refractivity contribution is 5.92. The Morgan fingerprint density at radius 2 is 2.08 bits per heavy atom. The second kappa shape index (κ2) is 8.30. The summed E-state index contributed by atoms with van der Waals surface area (Å²) in [5, 5.41) is 3.12. The number of amides is 2. The van der Waals surface area contributed by atoms with Gasteiger partial charge < -0.3 is 15.1 Å². The number of nitrogens with zero attached hydrogens (tertiary/aromatic N) is 2. The van der Waals surface area contributed by atoms with Crippen molar-refractivity contribution in [2.24, 2.45) is 5.92 Å². The van der Waals surface area contributed by atoms with Crippen molar-refractivity contribution in [2.75, 3.05) is 33.2 Å².